The Hall–Kier alpha value is -1.10. The quantitative estimate of drug-likeness (QED) is 0.586. The average Bonchev–Trinajstić information content (AvgIpc) is 2.54. The predicted octanol–water partition coefficient (Wildman–Crippen LogP) is 2.21. The number of benzene rings is 1. The highest BCUT2D eigenvalue weighted by atomic mass is 16.3. The third-order valence-corrected chi connectivity index (χ3v) is 4.33. The van der Waals surface area contributed by atoms with Crippen LogP contribution in [0.1, 0.15) is 32.3 Å². The van der Waals surface area contributed by atoms with Gasteiger partial charge < -0.3 is 21.5 Å². The number of phenolic OH excluding ortho intramolecular Hbond substituents is 1. The largest absolute Gasteiger partial charge is 0.508 e. The molecule has 0 aromatic heterocycles. The second-order valence-corrected chi connectivity index (χ2v) is 6.52. The molecule has 0 aliphatic rings. The van der Waals surface area contributed by atoms with Crippen LogP contribution < -0.4 is 11.5 Å². The second-order valence-electron chi connectivity index (χ2n) is 6.52. The fraction of sp³-hybridized carbons (Fsp3) is 0.667. The first-order chi connectivity index (χ1) is 10.5. The van der Waals surface area contributed by atoms with Crippen LogP contribution in [0.3, 0.4) is 0 Å². The third-order valence-electron chi connectivity index (χ3n) is 4.33. The van der Waals surface area contributed by atoms with Crippen molar-refractivity contribution in [2.75, 3.05) is 32.7 Å². The molecule has 126 valence electrons. The number of aromatic hydroxyl groups is 1. The summed E-state index contributed by atoms with van der Waals surface area (Å²) in [5.41, 5.74) is 12.7. The molecule has 2 atom stereocenters. The van der Waals surface area contributed by atoms with Crippen LogP contribution in [-0.2, 0) is 6.42 Å². The Bertz CT molecular complexity index is 380. The van der Waals surface area contributed by atoms with E-state index >= 15 is 0 Å². The highest BCUT2D eigenvalue weighted by Gasteiger charge is 2.10. The first kappa shape index (κ1) is 18.9. The van der Waals surface area contributed by atoms with Crippen LogP contribution in [0.2, 0.25) is 0 Å². The molecular formula is C18H33N3O. The summed E-state index contributed by atoms with van der Waals surface area (Å²) in [5.74, 6) is 1.47. The van der Waals surface area contributed by atoms with Crippen molar-refractivity contribution in [1.82, 2.24) is 4.90 Å². The summed E-state index contributed by atoms with van der Waals surface area (Å²) in [4.78, 5) is 2.52. The maximum absolute atomic E-state index is 9.34. The van der Waals surface area contributed by atoms with E-state index in [1.165, 1.54) is 5.56 Å². The zero-order valence-electron chi connectivity index (χ0n) is 14.2. The molecule has 0 saturated heterocycles. The summed E-state index contributed by atoms with van der Waals surface area (Å²) in [6.45, 7) is 9.15. The molecule has 0 aliphatic heterocycles. The Morgan fingerprint density at radius 3 is 1.86 bits per heavy atom. The van der Waals surface area contributed by atoms with E-state index in [4.69, 9.17) is 11.5 Å². The Labute approximate surface area is 135 Å². The highest BCUT2D eigenvalue weighted by Crippen LogP contribution is 2.12. The molecule has 1 aromatic rings. The number of hydrogen-bond acceptors (Lipinski definition) is 4. The van der Waals surface area contributed by atoms with E-state index in [9.17, 15) is 5.11 Å². The Morgan fingerprint density at radius 1 is 0.909 bits per heavy atom. The minimum absolute atomic E-state index is 0.328. The predicted molar refractivity (Wildman–Crippen MR) is 93.9 cm³/mol. The second kappa shape index (κ2) is 10.6. The van der Waals surface area contributed by atoms with E-state index in [0.717, 1.165) is 52.0 Å². The molecule has 0 spiro atoms. The number of hydrogen-bond donors (Lipinski definition) is 3. The maximum Gasteiger partial charge on any atom is 0.115 e. The summed E-state index contributed by atoms with van der Waals surface area (Å²) < 4.78 is 0. The molecule has 1 rings (SSSR count). The molecular weight excluding hydrogens is 274 g/mol. The molecule has 2 unspecified atom stereocenters. The summed E-state index contributed by atoms with van der Waals surface area (Å²) in [5, 5.41) is 9.34. The first-order valence-corrected chi connectivity index (χ1v) is 8.45. The van der Waals surface area contributed by atoms with Gasteiger partial charge in [0, 0.05) is 6.54 Å². The molecule has 5 N–H and O–H groups in total. The van der Waals surface area contributed by atoms with Crippen LogP contribution in [0.15, 0.2) is 24.3 Å². The molecule has 0 heterocycles. The van der Waals surface area contributed by atoms with Gasteiger partial charge in [0.25, 0.3) is 0 Å². The molecule has 22 heavy (non-hydrogen) atoms. The Morgan fingerprint density at radius 2 is 1.41 bits per heavy atom. The lowest BCUT2D eigenvalue weighted by Gasteiger charge is -2.25. The topological polar surface area (TPSA) is 75.5 Å². The molecule has 0 saturated carbocycles. The van der Waals surface area contributed by atoms with E-state index in [0.29, 0.717) is 17.6 Å². The lowest BCUT2D eigenvalue weighted by molar-refractivity contribution is 0.242. The maximum atomic E-state index is 9.34. The number of nitrogens with zero attached hydrogens (tertiary/aromatic N) is 1. The van der Waals surface area contributed by atoms with Gasteiger partial charge in [0.15, 0.2) is 0 Å². The standard InChI is InChI=1S/C18H33N3O/c1-15(13-19)7-10-21(11-8-16(2)14-20)12-9-17-3-5-18(22)6-4-17/h3-6,15-16,22H,7-14,19-20H2,1-2H3. The van der Waals surface area contributed by atoms with Crippen LogP contribution in [0.4, 0.5) is 0 Å². The van der Waals surface area contributed by atoms with Gasteiger partial charge in [0.2, 0.25) is 0 Å². The summed E-state index contributed by atoms with van der Waals surface area (Å²) in [7, 11) is 0. The lowest BCUT2D eigenvalue weighted by Crippen LogP contribution is -2.32. The van der Waals surface area contributed by atoms with Crippen LogP contribution in [0.5, 0.6) is 5.75 Å². The number of phenols is 1. The Kier molecular flexibility index (Phi) is 9.13. The Balaban J connectivity index is 2.46. The summed E-state index contributed by atoms with van der Waals surface area (Å²) in [6.07, 6.45) is 3.29. The monoisotopic (exact) mass is 307 g/mol. The van der Waals surface area contributed by atoms with Crippen molar-refractivity contribution < 1.29 is 5.11 Å². The van der Waals surface area contributed by atoms with Crippen molar-refractivity contribution in [2.24, 2.45) is 23.3 Å². The number of rotatable bonds is 11. The molecule has 4 heteroatoms. The molecule has 0 amide bonds. The van der Waals surface area contributed by atoms with Crippen molar-refractivity contribution in [2.45, 2.75) is 33.1 Å². The molecule has 4 nitrogen and oxygen atoms in total. The smallest absolute Gasteiger partial charge is 0.115 e. The van der Waals surface area contributed by atoms with Gasteiger partial charge >= 0.3 is 0 Å². The highest BCUT2D eigenvalue weighted by molar-refractivity contribution is 5.25. The van der Waals surface area contributed by atoms with Gasteiger partial charge in [-0.05, 0) is 75.0 Å². The van der Waals surface area contributed by atoms with E-state index in [1.54, 1.807) is 12.1 Å². The van der Waals surface area contributed by atoms with Crippen LogP contribution in [0.25, 0.3) is 0 Å². The van der Waals surface area contributed by atoms with Crippen molar-refractivity contribution >= 4 is 0 Å². The SMILES string of the molecule is CC(CN)CCN(CCc1ccc(O)cc1)CCC(C)CN. The van der Waals surface area contributed by atoms with Gasteiger partial charge in [-0.25, -0.2) is 0 Å². The molecule has 0 radical (unpaired) electrons. The van der Waals surface area contributed by atoms with Gasteiger partial charge in [-0.15, -0.1) is 0 Å². The number of nitrogens with two attached hydrogens (primary N) is 2. The minimum Gasteiger partial charge on any atom is -0.508 e. The van der Waals surface area contributed by atoms with Crippen molar-refractivity contribution in [3.8, 4) is 5.75 Å². The van der Waals surface area contributed by atoms with Gasteiger partial charge in [-0.3, -0.25) is 0 Å². The fourth-order valence-corrected chi connectivity index (χ4v) is 2.33. The molecule has 0 aliphatic carbocycles. The van der Waals surface area contributed by atoms with Gasteiger partial charge in [-0.2, -0.15) is 0 Å². The lowest BCUT2D eigenvalue weighted by atomic mass is 10.1. The van der Waals surface area contributed by atoms with E-state index < -0.39 is 0 Å². The summed E-state index contributed by atoms with van der Waals surface area (Å²) in [6, 6.07) is 7.51. The van der Waals surface area contributed by atoms with Crippen LogP contribution >= 0.6 is 0 Å². The van der Waals surface area contributed by atoms with Crippen molar-refractivity contribution in [3.63, 3.8) is 0 Å². The summed E-state index contributed by atoms with van der Waals surface area (Å²) >= 11 is 0. The molecule has 0 bridgehead atoms. The van der Waals surface area contributed by atoms with Gasteiger partial charge in [0.1, 0.15) is 5.75 Å². The van der Waals surface area contributed by atoms with E-state index in [2.05, 4.69) is 18.7 Å². The fourth-order valence-electron chi connectivity index (χ4n) is 2.33. The zero-order valence-corrected chi connectivity index (χ0v) is 14.2. The molecule has 1 aromatic carbocycles. The van der Waals surface area contributed by atoms with Crippen LogP contribution in [-0.4, -0.2) is 42.7 Å². The normalized spacial score (nSPS) is 14.2. The molecule has 0 fully saturated rings. The van der Waals surface area contributed by atoms with E-state index in [-0.39, 0.29) is 0 Å². The van der Waals surface area contributed by atoms with E-state index in [1.807, 2.05) is 12.1 Å². The minimum atomic E-state index is 0.328. The third kappa shape index (κ3) is 7.78. The first-order valence-electron chi connectivity index (χ1n) is 8.45. The zero-order chi connectivity index (χ0) is 16.4. The average molecular weight is 307 g/mol. The van der Waals surface area contributed by atoms with Crippen molar-refractivity contribution in [3.05, 3.63) is 29.8 Å². The van der Waals surface area contributed by atoms with Crippen molar-refractivity contribution in [1.29, 1.82) is 0 Å². The van der Waals surface area contributed by atoms with Gasteiger partial charge in [0.05, 0.1) is 0 Å². The van der Waals surface area contributed by atoms with Gasteiger partial charge in [-0.1, -0.05) is 26.0 Å². The van der Waals surface area contributed by atoms with Crippen LogP contribution in [0, 0.1) is 11.8 Å².